The number of carbonyl (C=O) groups is 1. The normalized spacial score (nSPS) is 14.8. The minimum absolute atomic E-state index is 0.00621. The lowest BCUT2D eigenvalue weighted by molar-refractivity contribution is -0.915. The van der Waals surface area contributed by atoms with Gasteiger partial charge in [-0.25, -0.2) is 4.39 Å². The van der Waals surface area contributed by atoms with Crippen molar-refractivity contribution in [3.05, 3.63) is 58.4 Å². The Labute approximate surface area is 169 Å². The van der Waals surface area contributed by atoms with Crippen LogP contribution in [0.3, 0.4) is 0 Å². The number of carbonyl (C=O) groups excluding carboxylic acids is 1. The van der Waals surface area contributed by atoms with Gasteiger partial charge in [0, 0.05) is 12.1 Å². The first-order valence-electron chi connectivity index (χ1n) is 9.79. The van der Waals surface area contributed by atoms with Crippen LogP contribution in [-0.2, 0) is 11.3 Å². The summed E-state index contributed by atoms with van der Waals surface area (Å²) in [5.74, 6) is 0.0793. The number of piperazine rings is 1. The summed E-state index contributed by atoms with van der Waals surface area (Å²) >= 11 is 0. The maximum Gasteiger partial charge on any atom is 0.258 e. The highest BCUT2D eigenvalue weighted by Crippen LogP contribution is 2.18. The minimum Gasteiger partial charge on any atom is -0.477 e. The van der Waals surface area contributed by atoms with E-state index < -0.39 is 0 Å². The van der Waals surface area contributed by atoms with Gasteiger partial charge in [-0.05, 0) is 26.0 Å². The number of quaternary nitrogens is 1. The number of hydrogen-bond donors (Lipinski definition) is 2. The molecule has 1 amide bonds. The second-order valence-corrected chi connectivity index (χ2v) is 7.45. The van der Waals surface area contributed by atoms with E-state index in [2.05, 4.69) is 5.32 Å². The fourth-order valence-electron chi connectivity index (χ4n) is 3.34. The zero-order valence-corrected chi connectivity index (χ0v) is 16.7. The number of hydrogen-bond acceptors (Lipinski definition) is 5. The third-order valence-electron chi connectivity index (χ3n) is 4.75. The molecule has 156 valence electrons. The van der Waals surface area contributed by atoms with Crippen molar-refractivity contribution < 1.29 is 23.2 Å². The number of rotatable bonds is 7. The summed E-state index contributed by atoms with van der Waals surface area (Å²) in [6.45, 7) is 7.11. The Hall–Kier alpha value is -2.87. The van der Waals surface area contributed by atoms with Crippen molar-refractivity contribution in [1.82, 2.24) is 5.32 Å². The van der Waals surface area contributed by atoms with Crippen LogP contribution in [0.25, 0.3) is 0 Å². The molecular formula is C21H27FN3O4+. The zero-order valence-electron chi connectivity index (χ0n) is 16.7. The zero-order chi connectivity index (χ0) is 20.8. The summed E-state index contributed by atoms with van der Waals surface area (Å²) < 4.78 is 24.7. The second kappa shape index (κ2) is 9.56. The molecule has 1 aromatic heterocycles. The van der Waals surface area contributed by atoms with E-state index in [1.54, 1.807) is 12.1 Å². The van der Waals surface area contributed by atoms with E-state index in [0.29, 0.717) is 18.0 Å². The molecule has 2 aromatic rings. The van der Waals surface area contributed by atoms with Gasteiger partial charge in [-0.3, -0.25) is 9.59 Å². The van der Waals surface area contributed by atoms with Gasteiger partial charge < -0.3 is 24.3 Å². The quantitative estimate of drug-likeness (QED) is 0.707. The van der Waals surface area contributed by atoms with E-state index >= 15 is 0 Å². The van der Waals surface area contributed by atoms with Crippen molar-refractivity contribution in [3.8, 4) is 5.75 Å². The number of anilines is 1. The Kier molecular flexibility index (Phi) is 6.87. The molecule has 0 spiro atoms. The molecule has 1 fully saturated rings. The van der Waals surface area contributed by atoms with Crippen molar-refractivity contribution in [2.24, 2.45) is 0 Å². The first kappa shape index (κ1) is 20.9. The number of nitrogens with zero attached hydrogens (tertiary/aromatic N) is 1. The third kappa shape index (κ3) is 5.80. The smallest absolute Gasteiger partial charge is 0.258 e. The minimum atomic E-state index is -0.312. The van der Waals surface area contributed by atoms with Crippen LogP contribution in [0.4, 0.5) is 10.1 Å². The average molecular weight is 404 g/mol. The van der Waals surface area contributed by atoms with Crippen molar-refractivity contribution in [2.75, 3.05) is 37.7 Å². The van der Waals surface area contributed by atoms with Crippen molar-refractivity contribution in [2.45, 2.75) is 26.4 Å². The Balaban J connectivity index is 1.51. The van der Waals surface area contributed by atoms with E-state index in [9.17, 15) is 14.0 Å². The Morgan fingerprint density at radius 1 is 1.31 bits per heavy atom. The highest BCUT2D eigenvalue weighted by molar-refractivity contribution is 5.77. The first-order chi connectivity index (χ1) is 13.9. The molecule has 1 aliphatic heterocycles. The summed E-state index contributed by atoms with van der Waals surface area (Å²) in [7, 11) is 0. The van der Waals surface area contributed by atoms with E-state index in [4.69, 9.17) is 9.15 Å². The number of para-hydroxylation sites is 1. The molecule has 0 radical (unpaired) electrons. The van der Waals surface area contributed by atoms with E-state index in [1.165, 1.54) is 23.3 Å². The summed E-state index contributed by atoms with van der Waals surface area (Å²) in [6.07, 6.45) is 1.26. The maximum atomic E-state index is 13.9. The summed E-state index contributed by atoms with van der Waals surface area (Å²) in [5.41, 5.74) is 0.314. The second-order valence-electron chi connectivity index (χ2n) is 7.45. The van der Waals surface area contributed by atoms with Crippen LogP contribution in [0.2, 0.25) is 0 Å². The van der Waals surface area contributed by atoms with Gasteiger partial charge in [-0.1, -0.05) is 12.1 Å². The molecule has 3 rings (SSSR count). The fraction of sp³-hybridized carbons (Fsp3) is 0.429. The molecule has 1 saturated heterocycles. The maximum absolute atomic E-state index is 13.9. The van der Waals surface area contributed by atoms with Crippen molar-refractivity contribution >= 4 is 11.6 Å². The lowest BCUT2D eigenvalue weighted by atomic mass is 10.2. The average Bonchev–Trinajstić information content (AvgIpc) is 2.68. The molecule has 1 aliphatic rings. The fourth-order valence-corrected chi connectivity index (χ4v) is 3.34. The number of nitrogens with one attached hydrogen (secondary N) is 2. The summed E-state index contributed by atoms with van der Waals surface area (Å²) in [5, 5.41) is 2.69. The topological polar surface area (TPSA) is 76.2 Å². The van der Waals surface area contributed by atoms with Gasteiger partial charge in [-0.2, -0.15) is 0 Å². The highest BCUT2D eigenvalue weighted by Gasteiger charge is 2.23. The Morgan fingerprint density at radius 3 is 2.69 bits per heavy atom. The third-order valence-corrected chi connectivity index (χ3v) is 4.75. The van der Waals surface area contributed by atoms with Crippen molar-refractivity contribution in [1.29, 1.82) is 0 Å². The van der Waals surface area contributed by atoms with Gasteiger partial charge in [0.25, 0.3) is 5.91 Å². The van der Waals surface area contributed by atoms with Crippen molar-refractivity contribution in [3.63, 3.8) is 0 Å². The monoisotopic (exact) mass is 404 g/mol. The molecule has 8 heteroatoms. The van der Waals surface area contributed by atoms with Gasteiger partial charge in [0.15, 0.2) is 12.4 Å². The molecular weight excluding hydrogens is 377 g/mol. The number of ether oxygens (including phenoxy) is 1. The SMILES string of the molecule is CC(C)NC(=O)COc1coc(C[NH+]2CCN(c3ccccc3F)CC2)cc1=O. The molecule has 29 heavy (non-hydrogen) atoms. The molecule has 0 saturated carbocycles. The largest absolute Gasteiger partial charge is 0.477 e. The van der Waals surface area contributed by atoms with Gasteiger partial charge in [0.1, 0.15) is 18.6 Å². The summed E-state index contributed by atoms with van der Waals surface area (Å²) in [6, 6.07) is 8.20. The van der Waals surface area contributed by atoms with E-state index in [-0.39, 0.29) is 35.6 Å². The van der Waals surface area contributed by atoms with Crippen LogP contribution in [0.1, 0.15) is 19.6 Å². The Bertz CT molecular complexity index is 891. The van der Waals surface area contributed by atoms with Crippen LogP contribution in [0.5, 0.6) is 5.75 Å². The van der Waals surface area contributed by atoms with Gasteiger partial charge >= 0.3 is 0 Å². The molecule has 2 N–H and O–H groups in total. The standard InChI is InChI=1S/C21H26FN3O4/c1-15(2)23-21(27)14-29-20-13-28-16(11-19(20)26)12-24-7-9-25(10-8-24)18-6-4-3-5-17(18)22/h3-6,11,13,15H,7-10,12,14H2,1-2H3,(H,23,27)/p+1. The van der Waals surface area contributed by atoms with Gasteiger partial charge in [-0.15, -0.1) is 0 Å². The predicted octanol–water partition coefficient (Wildman–Crippen LogP) is 0.587. The number of benzene rings is 1. The Morgan fingerprint density at radius 2 is 2.03 bits per heavy atom. The number of halogens is 1. The lowest BCUT2D eigenvalue weighted by Gasteiger charge is -2.33. The predicted molar refractivity (Wildman–Crippen MR) is 107 cm³/mol. The first-order valence-corrected chi connectivity index (χ1v) is 9.79. The van der Waals surface area contributed by atoms with Crippen LogP contribution >= 0.6 is 0 Å². The molecule has 0 atom stereocenters. The highest BCUT2D eigenvalue weighted by atomic mass is 19.1. The van der Waals surface area contributed by atoms with Gasteiger partial charge in [0.05, 0.1) is 31.9 Å². The number of amides is 1. The summed E-state index contributed by atoms with van der Waals surface area (Å²) in [4.78, 5) is 27.1. The molecule has 2 heterocycles. The van der Waals surface area contributed by atoms with E-state index in [1.807, 2.05) is 24.8 Å². The molecule has 0 aliphatic carbocycles. The molecule has 0 unspecified atom stereocenters. The lowest BCUT2D eigenvalue weighted by Crippen LogP contribution is -3.13. The van der Waals surface area contributed by atoms with Crippen LogP contribution in [-0.4, -0.2) is 44.7 Å². The van der Waals surface area contributed by atoms with E-state index in [0.717, 1.165) is 26.2 Å². The molecule has 0 bridgehead atoms. The van der Waals surface area contributed by atoms with Crippen LogP contribution in [0.15, 0.2) is 45.8 Å². The van der Waals surface area contributed by atoms with Gasteiger partial charge in [0.2, 0.25) is 11.2 Å². The molecule has 1 aromatic carbocycles. The van der Waals surface area contributed by atoms with Crippen LogP contribution < -0.4 is 25.3 Å². The molecule has 7 nitrogen and oxygen atoms in total. The van der Waals surface area contributed by atoms with Crippen LogP contribution in [0, 0.1) is 5.82 Å².